The molecular formula is C18H19NO4. The molecule has 1 unspecified atom stereocenters. The van der Waals surface area contributed by atoms with E-state index in [0.29, 0.717) is 17.9 Å². The molecule has 1 fully saturated rings. The van der Waals surface area contributed by atoms with Crippen molar-refractivity contribution in [2.45, 2.75) is 18.9 Å². The van der Waals surface area contributed by atoms with Crippen molar-refractivity contribution < 1.29 is 19.4 Å². The lowest BCUT2D eigenvalue weighted by molar-refractivity contribution is 0.0679. The highest BCUT2D eigenvalue weighted by Gasteiger charge is 2.16. The predicted molar refractivity (Wildman–Crippen MR) is 87.0 cm³/mol. The monoisotopic (exact) mass is 313 g/mol. The lowest BCUT2D eigenvalue weighted by Crippen LogP contribution is -2.16. The van der Waals surface area contributed by atoms with Gasteiger partial charge in [-0.15, -0.1) is 0 Å². The number of rotatable bonds is 5. The fourth-order valence-electron chi connectivity index (χ4n) is 2.45. The molecule has 1 aliphatic heterocycles. The van der Waals surface area contributed by atoms with Crippen LogP contribution in [0.5, 0.6) is 11.5 Å². The van der Waals surface area contributed by atoms with Crippen molar-refractivity contribution in [2.24, 2.45) is 0 Å². The van der Waals surface area contributed by atoms with Gasteiger partial charge >= 0.3 is 0 Å². The largest absolute Gasteiger partial charge is 0.508 e. The minimum Gasteiger partial charge on any atom is -0.508 e. The quantitative estimate of drug-likeness (QED) is 0.889. The van der Waals surface area contributed by atoms with Gasteiger partial charge in [-0.2, -0.15) is 0 Å². The van der Waals surface area contributed by atoms with E-state index in [1.54, 1.807) is 42.5 Å². The molecule has 1 heterocycles. The van der Waals surface area contributed by atoms with Crippen LogP contribution in [0.4, 0.5) is 5.69 Å². The summed E-state index contributed by atoms with van der Waals surface area (Å²) >= 11 is 0. The van der Waals surface area contributed by atoms with Gasteiger partial charge in [-0.05, 0) is 49.2 Å². The number of nitrogens with one attached hydrogen (secondary N) is 1. The number of phenolic OH excluding ortho intramolecular Hbond substituents is 1. The number of hydrogen-bond acceptors (Lipinski definition) is 4. The predicted octanol–water partition coefficient (Wildman–Crippen LogP) is 3.20. The van der Waals surface area contributed by atoms with Crippen molar-refractivity contribution in [1.29, 1.82) is 0 Å². The van der Waals surface area contributed by atoms with Crippen molar-refractivity contribution in [3.05, 3.63) is 54.1 Å². The maximum atomic E-state index is 12.2. The second kappa shape index (κ2) is 7.15. The number of amides is 1. The average molecular weight is 313 g/mol. The van der Waals surface area contributed by atoms with Crippen molar-refractivity contribution in [3.63, 3.8) is 0 Å². The Bertz CT molecular complexity index is 663. The van der Waals surface area contributed by atoms with Crippen molar-refractivity contribution in [2.75, 3.05) is 18.5 Å². The van der Waals surface area contributed by atoms with Crippen LogP contribution in [0.25, 0.3) is 0 Å². The van der Waals surface area contributed by atoms with Gasteiger partial charge in [0.25, 0.3) is 5.91 Å². The number of ether oxygens (including phenoxy) is 2. The second-order valence-corrected chi connectivity index (χ2v) is 5.47. The number of aromatic hydroxyl groups is 1. The molecule has 2 aromatic carbocycles. The summed E-state index contributed by atoms with van der Waals surface area (Å²) in [7, 11) is 0. The molecule has 120 valence electrons. The number of anilines is 1. The molecule has 0 saturated carbocycles. The van der Waals surface area contributed by atoms with E-state index in [1.807, 2.05) is 0 Å². The first-order chi connectivity index (χ1) is 11.2. The summed E-state index contributed by atoms with van der Waals surface area (Å²) in [5.74, 6) is 0.594. The molecule has 1 saturated heterocycles. The molecule has 1 aliphatic rings. The van der Waals surface area contributed by atoms with Gasteiger partial charge in [0.2, 0.25) is 0 Å². The Morgan fingerprint density at radius 3 is 2.78 bits per heavy atom. The van der Waals surface area contributed by atoms with Crippen LogP contribution in [0.3, 0.4) is 0 Å². The van der Waals surface area contributed by atoms with Gasteiger partial charge in [0.15, 0.2) is 0 Å². The van der Waals surface area contributed by atoms with E-state index in [4.69, 9.17) is 9.47 Å². The highest BCUT2D eigenvalue weighted by Crippen LogP contribution is 2.19. The number of carbonyl (C=O) groups is 1. The summed E-state index contributed by atoms with van der Waals surface area (Å²) in [6.45, 7) is 1.34. The molecule has 2 aromatic rings. The SMILES string of the molecule is O=C(Nc1cccc(O)c1)c1ccc(OCC2CCCO2)cc1. The maximum Gasteiger partial charge on any atom is 0.255 e. The van der Waals surface area contributed by atoms with E-state index >= 15 is 0 Å². The average Bonchev–Trinajstić information content (AvgIpc) is 3.07. The van der Waals surface area contributed by atoms with Gasteiger partial charge in [0, 0.05) is 23.9 Å². The summed E-state index contributed by atoms with van der Waals surface area (Å²) < 4.78 is 11.2. The molecule has 0 aromatic heterocycles. The number of benzene rings is 2. The lowest BCUT2D eigenvalue weighted by atomic mass is 10.2. The van der Waals surface area contributed by atoms with Crippen molar-refractivity contribution >= 4 is 11.6 Å². The number of phenols is 1. The van der Waals surface area contributed by atoms with E-state index in [1.165, 1.54) is 6.07 Å². The third kappa shape index (κ3) is 4.23. The van der Waals surface area contributed by atoms with E-state index < -0.39 is 0 Å². The van der Waals surface area contributed by atoms with Crippen LogP contribution in [0.15, 0.2) is 48.5 Å². The fraction of sp³-hybridized carbons (Fsp3) is 0.278. The molecule has 0 radical (unpaired) electrons. The van der Waals surface area contributed by atoms with E-state index in [9.17, 15) is 9.90 Å². The van der Waals surface area contributed by atoms with Gasteiger partial charge in [0.05, 0.1) is 6.10 Å². The standard InChI is InChI=1S/C18H19NO4/c20-15-4-1-3-14(11-15)19-18(21)13-6-8-16(9-7-13)23-12-17-5-2-10-22-17/h1,3-4,6-9,11,17,20H,2,5,10,12H2,(H,19,21). The molecule has 1 amide bonds. The smallest absolute Gasteiger partial charge is 0.255 e. The van der Waals surface area contributed by atoms with Crippen LogP contribution in [-0.4, -0.2) is 30.3 Å². The lowest BCUT2D eigenvalue weighted by Gasteiger charge is -2.12. The van der Waals surface area contributed by atoms with Gasteiger partial charge < -0.3 is 19.9 Å². The molecule has 0 aliphatic carbocycles. The number of hydrogen-bond donors (Lipinski definition) is 2. The first-order valence-corrected chi connectivity index (χ1v) is 7.65. The zero-order chi connectivity index (χ0) is 16.1. The van der Waals surface area contributed by atoms with E-state index in [2.05, 4.69) is 5.32 Å². The summed E-state index contributed by atoms with van der Waals surface area (Å²) in [6, 6.07) is 13.4. The Morgan fingerprint density at radius 2 is 2.09 bits per heavy atom. The van der Waals surface area contributed by atoms with Crippen molar-refractivity contribution in [3.8, 4) is 11.5 Å². The third-order valence-corrected chi connectivity index (χ3v) is 3.68. The normalized spacial score (nSPS) is 17.0. The Morgan fingerprint density at radius 1 is 1.26 bits per heavy atom. The summed E-state index contributed by atoms with van der Waals surface area (Å²) in [4.78, 5) is 12.2. The van der Waals surface area contributed by atoms with Gasteiger partial charge in [-0.1, -0.05) is 6.07 Å². The van der Waals surface area contributed by atoms with Crippen LogP contribution < -0.4 is 10.1 Å². The Hall–Kier alpha value is -2.53. The molecule has 5 nitrogen and oxygen atoms in total. The first-order valence-electron chi connectivity index (χ1n) is 7.65. The molecule has 23 heavy (non-hydrogen) atoms. The van der Waals surface area contributed by atoms with E-state index in [0.717, 1.165) is 25.2 Å². The van der Waals surface area contributed by atoms with Crippen LogP contribution in [0, 0.1) is 0 Å². The number of carbonyl (C=O) groups excluding carboxylic acids is 1. The summed E-state index contributed by atoms with van der Waals surface area (Å²) in [5, 5.41) is 12.1. The molecule has 3 rings (SSSR count). The molecular weight excluding hydrogens is 294 g/mol. The highest BCUT2D eigenvalue weighted by atomic mass is 16.5. The Labute approximate surface area is 134 Å². The Balaban J connectivity index is 1.56. The zero-order valence-corrected chi connectivity index (χ0v) is 12.7. The second-order valence-electron chi connectivity index (χ2n) is 5.47. The van der Waals surface area contributed by atoms with Crippen LogP contribution in [0.2, 0.25) is 0 Å². The summed E-state index contributed by atoms with van der Waals surface area (Å²) in [6.07, 6.45) is 2.29. The molecule has 2 N–H and O–H groups in total. The molecule has 0 bridgehead atoms. The minimum atomic E-state index is -0.235. The molecule has 0 spiro atoms. The maximum absolute atomic E-state index is 12.2. The van der Waals surface area contributed by atoms with Gasteiger partial charge in [-0.3, -0.25) is 4.79 Å². The van der Waals surface area contributed by atoms with Gasteiger partial charge in [0.1, 0.15) is 18.1 Å². The van der Waals surface area contributed by atoms with E-state index in [-0.39, 0.29) is 17.8 Å². The van der Waals surface area contributed by atoms with Crippen LogP contribution in [-0.2, 0) is 4.74 Å². The highest BCUT2D eigenvalue weighted by molar-refractivity contribution is 6.04. The summed E-state index contributed by atoms with van der Waals surface area (Å²) in [5.41, 5.74) is 1.08. The van der Waals surface area contributed by atoms with Crippen LogP contribution in [0.1, 0.15) is 23.2 Å². The molecule has 1 atom stereocenters. The fourth-order valence-corrected chi connectivity index (χ4v) is 2.45. The van der Waals surface area contributed by atoms with Gasteiger partial charge in [-0.25, -0.2) is 0 Å². The molecule has 5 heteroatoms. The first kappa shape index (κ1) is 15.4. The zero-order valence-electron chi connectivity index (χ0n) is 12.7. The minimum absolute atomic E-state index is 0.112. The van der Waals surface area contributed by atoms with Crippen molar-refractivity contribution in [1.82, 2.24) is 0 Å². The third-order valence-electron chi connectivity index (χ3n) is 3.68. The topological polar surface area (TPSA) is 67.8 Å². The Kier molecular flexibility index (Phi) is 4.78. The van der Waals surface area contributed by atoms with Crippen LogP contribution >= 0.6 is 0 Å².